The van der Waals surface area contributed by atoms with Gasteiger partial charge in [0.15, 0.2) is 0 Å². The summed E-state index contributed by atoms with van der Waals surface area (Å²) >= 11 is 7.72. The van der Waals surface area contributed by atoms with Crippen LogP contribution in [0.15, 0.2) is 36.4 Å². The Morgan fingerprint density at radius 1 is 1.23 bits per heavy atom. The van der Waals surface area contributed by atoms with Crippen molar-refractivity contribution < 1.29 is 4.79 Å². The van der Waals surface area contributed by atoms with Gasteiger partial charge in [-0.25, -0.2) is 0 Å². The van der Waals surface area contributed by atoms with E-state index in [-0.39, 0.29) is 11.9 Å². The number of hydrogen-bond donors (Lipinski definition) is 2. The lowest BCUT2D eigenvalue weighted by atomic mass is 10.1. The minimum atomic E-state index is 0.0302. The van der Waals surface area contributed by atoms with Crippen LogP contribution >= 0.6 is 22.9 Å². The first kappa shape index (κ1) is 14.2. The Hall–Kier alpha value is -1.36. The van der Waals surface area contributed by atoms with Gasteiger partial charge in [-0.1, -0.05) is 29.8 Å². The minimum Gasteiger partial charge on any atom is -0.347 e. The zero-order valence-electron chi connectivity index (χ0n) is 12.0. The first-order valence-electron chi connectivity index (χ1n) is 7.59. The predicted molar refractivity (Wildman–Crippen MR) is 90.5 cm³/mol. The van der Waals surface area contributed by atoms with Gasteiger partial charge in [-0.3, -0.25) is 4.79 Å². The van der Waals surface area contributed by atoms with Crippen LogP contribution in [0.2, 0.25) is 5.02 Å². The monoisotopic (exact) mass is 332 g/mol. The molecule has 1 aromatic heterocycles. The Bertz CT molecular complexity index is 714. The number of nitrogens with one attached hydrogen (secondary N) is 2. The number of halogens is 1. The molecule has 1 aliphatic heterocycles. The molecule has 3 unspecified atom stereocenters. The van der Waals surface area contributed by atoms with Crippen molar-refractivity contribution in [3.05, 3.63) is 46.3 Å². The van der Waals surface area contributed by atoms with Gasteiger partial charge in [-0.2, -0.15) is 0 Å². The molecule has 2 heterocycles. The lowest BCUT2D eigenvalue weighted by Crippen LogP contribution is -2.47. The molecule has 2 N–H and O–H groups in total. The number of fused-ring (bicyclic) bond motifs is 2. The maximum absolute atomic E-state index is 12.4. The number of hydrogen-bond acceptors (Lipinski definition) is 3. The first-order chi connectivity index (χ1) is 10.7. The van der Waals surface area contributed by atoms with Gasteiger partial charge in [-0.15, -0.1) is 11.3 Å². The Morgan fingerprint density at radius 2 is 2.09 bits per heavy atom. The molecule has 3 nitrogen and oxygen atoms in total. The smallest absolute Gasteiger partial charge is 0.261 e. The van der Waals surface area contributed by atoms with E-state index in [2.05, 4.69) is 10.6 Å². The van der Waals surface area contributed by atoms with E-state index in [0.717, 1.165) is 34.2 Å². The van der Waals surface area contributed by atoms with Gasteiger partial charge in [0, 0.05) is 27.5 Å². The number of carbonyl (C=O) groups excluding carboxylic acids is 1. The summed E-state index contributed by atoms with van der Waals surface area (Å²) in [7, 11) is 0. The first-order valence-corrected chi connectivity index (χ1v) is 8.79. The molecule has 22 heavy (non-hydrogen) atoms. The summed E-state index contributed by atoms with van der Waals surface area (Å²) in [6, 6.07) is 12.3. The lowest BCUT2D eigenvalue weighted by molar-refractivity contribution is 0.0932. The van der Waals surface area contributed by atoms with E-state index in [1.807, 2.05) is 36.4 Å². The fraction of sp³-hybridized carbons (Fsp3) is 0.353. The molecule has 3 atom stereocenters. The van der Waals surface area contributed by atoms with E-state index in [4.69, 9.17) is 11.6 Å². The summed E-state index contributed by atoms with van der Waals surface area (Å²) in [5.41, 5.74) is 0.981. The molecular formula is C17H17ClN2OS. The number of rotatable bonds is 3. The maximum Gasteiger partial charge on any atom is 0.261 e. The van der Waals surface area contributed by atoms with Crippen molar-refractivity contribution in [1.29, 1.82) is 0 Å². The Labute approximate surface area is 138 Å². The van der Waals surface area contributed by atoms with E-state index in [1.54, 1.807) is 0 Å². The average Bonchev–Trinajstić information content (AvgIpc) is 3.24. The number of carbonyl (C=O) groups is 1. The number of amides is 1. The van der Waals surface area contributed by atoms with Crippen LogP contribution in [0.3, 0.4) is 0 Å². The van der Waals surface area contributed by atoms with Gasteiger partial charge in [0.1, 0.15) is 0 Å². The summed E-state index contributed by atoms with van der Waals surface area (Å²) in [5, 5.41) is 7.37. The molecule has 1 amide bonds. The fourth-order valence-corrected chi connectivity index (χ4v) is 4.76. The van der Waals surface area contributed by atoms with Crippen LogP contribution in [0, 0.1) is 5.92 Å². The predicted octanol–water partition coefficient (Wildman–Crippen LogP) is 3.55. The lowest BCUT2D eigenvalue weighted by Gasteiger charge is -2.23. The highest BCUT2D eigenvalue weighted by Crippen LogP contribution is 2.34. The summed E-state index contributed by atoms with van der Waals surface area (Å²) in [5.74, 6) is 0.764. The zero-order chi connectivity index (χ0) is 15.1. The molecule has 1 aromatic carbocycles. The number of benzene rings is 1. The molecule has 2 aromatic rings. The van der Waals surface area contributed by atoms with Crippen molar-refractivity contribution >= 4 is 28.8 Å². The van der Waals surface area contributed by atoms with Crippen LogP contribution < -0.4 is 10.6 Å². The van der Waals surface area contributed by atoms with Gasteiger partial charge in [0.2, 0.25) is 0 Å². The van der Waals surface area contributed by atoms with Crippen LogP contribution in [-0.4, -0.2) is 24.5 Å². The molecule has 4 rings (SSSR count). The Kier molecular flexibility index (Phi) is 3.68. The second-order valence-electron chi connectivity index (χ2n) is 6.08. The van der Waals surface area contributed by atoms with Gasteiger partial charge in [0.25, 0.3) is 5.91 Å². The topological polar surface area (TPSA) is 41.1 Å². The van der Waals surface area contributed by atoms with Gasteiger partial charge >= 0.3 is 0 Å². The molecule has 5 heteroatoms. The van der Waals surface area contributed by atoms with Gasteiger partial charge < -0.3 is 10.6 Å². The molecule has 114 valence electrons. The standard InChI is InChI=1S/C17H17ClN2OS/c18-12-4-2-1-3-11(12)15-5-6-16(22-15)17(21)20-14-8-10-7-13(14)19-9-10/h1-6,10,13-14,19H,7-9H2,(H,20,21). The van der Waals surface area contributed by atoms with Crippen molar-refractivity contribution in [3.8, 4) is 10.4 Å². The van der Waals surface area contributed by atoms with E-state index < -0.39 is 0 Å². The van der Waals surface area contributed by atoms with E-state index in [1.165, 1.54) is 17.8 Å². The third-order valence-electron chi connectivity index (χ3n) is 4.61. The third kappa shape index (κ3) is 2.56. The molecule has 2 aliphatic rings. The minimum absolute atomic E-state index is 0.0302. The molecule has 0 spiro atoms. The summed E-state index contributed by atoms with van der Waals surface area (Å²) < 4.78 is 0. The molecular weight excluding hydrogens is 316 g/mol. The summed E-state index contributed by atoms with van der Waals surface area (Å²) in [6.07, 6.45) is 2.30. The zero-order valence-corrected chi connectivity index (χ0v) is 13.6. The summed E-state index contributed by atoms with van der Waals surface area (Å²) in [6.45, 7) is 1.10. The number of thiophene rings is 1. The van der Waals surface area contributed by atoms with Crippen LogP contribution in [0.4, 0.5) is 0 Å². The van der Waals surface area contributed by atoms with E-state index in [0.29, 0.717) is 11.1 Å². The Balaban J connectivity index is 1.49. The largest absolute Gasteiger partial charge is 0.347 e. The molecule has 1 saturated heterocycles. The van der Waals surface area contributed by atoms with Crippen molar-refractivity contribution in [3.63, 3.8) is 0 Å². The highest BCUT2D eigenvalue weighted by Gasteiger charge is 2.40. The highest BCUT2D eigenvalue weighted by atomic mass is 35.5. The highest BCUT2D eigenvalue weighted by molar-refractivity contribution is 7.17. The molecule has 1 aliphatic carbocycles. The molecule has 1 saturated carbocycles. The second-order valence-corrected chi connectivity index (χ2v) is 7.57. The number of piperidine rings is 1. The van der Waals surface area contributed by atoms with Crippen LogP contribution in [0.1, 0.15) is 22.5 Å². The van der Waals surface area contributed by atoms with Crippen LogP contribution in [-0.2, 0) is 0 Å². The quantitative estimate of drug-likeness (QED) is 0.902. The molecule has 2 bridgehead atoms. The van der Waals surface area contributed by atoms with E-state index in [9.17, 15) is 4.79 Å². The maximum atomic E-state index is 12.4. The fourth-order valence-electron chi connectivity index (χ4n) is 3.52. The van der Waals surface area contributed by atoms with E-state index >= 15 is 0 Å². The van der Waals surface area contributed by atoms with Crippen LogP contribution in [0.5, 0.6) is 0 Å². The summed E-state index contributed by atoms with van der Waals surface area (Å²) in [4.78, 5) is 14.2. The SMILES string of the molecule is O=C(NC1CC2CNC1C2)c1ccc(-c2ccccc2Cl)s1. The van der Waals surface area contributed by atoms with Crippen molar-refractivity contribution in [1.82, 2.24) is 10.6 Å². The molecule has 2 fully saturated rings. The third-order valence-corrected chi connectivity index (χ3v) is 6.06. The van der Waals surface area contributed by atoms with Crippen molar-refractivity contribution in [2.24, 2.45) is 5.92 Å². The normalized spacial score (nSPS) is 26.3. The van der Waals surface area contributed by atoms with Gasteiger partial charge in [0.05, 0.1) is 4.88 Å². The molecule has 0 radical (unpaired) electrons. The van der Waals surface area contributed by atoms with Crippen LogP contribution in [0.25, 0.3) is 10.4 Å². The van der Waals surface area contributed by atoms with Crippen molar-refractivity contribution in [2.75, 3.05) is 6.54 Å². The van der Waals surface area contributed by atoms with Gasteiger partial charge in [-0.05, 0) is 43.5 Å². The average molecular weight is 333 g/mol. The second kappa shape index (κ2) is 5.69. The van der Waals surface area contributed by atoms with Crippen molar-refractivity contribution in [2.45, 2.75) is 24.9 Å². The Morgan fingerprint density at radius 3 is 2.82 bits per heavy atom.